The normalized spacial score (nSPS) is 20.1. The molecular weight excluding hydrogens is 301 g/mol. The fourth-order valence-corrected chi connectivity index (χ4v) is 2.87. The summed E-state index contributed by atoms with van der Waals surface area (Å²) < 4.78 is 12.4. The standard InChI is InChI=1S/C18H26BN3O2/c1-12-15-8-7-13(10-16(15)22-21-12)9-14(11-20-6)19-23-17(2,3)18(4,5)24-19/h7-10,20H,11H2,1-6H3,(H,21,22). The SMILES string of the molecule is CNCC(=Cc1ccc2c(C)[nH]nc2c1)B1OC(C)(C)C(C)(C)O1. The summed E-state index contributed by atoms with van der Waals surface area (Å²) in [5.74, 6) is 0. The maximum atomic E-state index is 6.19. The average Bonchev–Trinajstić information content (AvgIpc) is 2.96. The zero-order chi connectivity index (χ0) is 17.5. The van der Waals surface area contributed by atoms with Crippen molar-refractivity contribution < 1.29 is 9.31 Å². The lowest BCUT2D eigenvalue weighted by atomic mass is 9.77. The summed E-state index contributed by atoms with van der Waals surface area (Å²) in [4.78, 5) is 0. The zero-order valence-corrected chi connectivity index (χ0v) is 15.4. The number of hydrogen-bond donors (Lipinski definition) is 2. The Balaban J connectivity index is 1.93. The van der Waals surface area contributed by atoms with Crippen LogP contribution in [0.15, 0.2) is 23.7 Å². The first-order chi connectivity index (χ1) is 11.2. The number of H-pyrrole nitrogens is 1. The first kappa shape index (κ1) is 17.2. The topological polar surface area (TPSA) is 59.2 Å². The molecule has 0 aliphatic carbocycles. The third-order valence-electron chi connectivity index (χ3n) is 5.06. The van der Waals surface area contributed by atoms with Crippen LogP contribution in [0, 0.1) is 6.92 Å². The molecule has 2 heterocycles. The highest BCUT2D eigenvalue weighted by Gasteiger charge is 2.52. The van der Waals surface area contributed by atoms with Gasteiger partial charge in [-0.2, -0.15) is 5.10 Å². The van der Waals surface area contributed by atoms with Gasteiger partial charge < -0.3 is 14.6 Å². The van der Waals surface area contributed by atoms with Crippen LogP contribution < -0.4 is 5.32 Å². The van der Waals surface area contributed by atoms with E-state index < -0.39 is 0 Å². The van der Waals surface area contributed by atoms with E-state index in [0.717, 1.165) is 27.6 Å². The molecule has 1 saturated heterocycles. The van der Waals surface area contributed by atoms with Crippen LogP contribution in [0.4, 0.5) is 0 Å². The molecule has 0 amide bonds. The molecule has 5 nitrogen and oxygen atoms in total. The minimum Gasteiger partial charge on any atom is -0.400 e. The van der Waals surface area contributed by atoms with Gasteiger partial charge in [0.05, 0.1) is 16.7 Å². The Labute approximate surface area is 143 Å². The predicted octanol–water partition coefficient (Wildman–Crippen LogP) is 3.11. The van der Waals surface area contributed by atoms with E-state index in [4.69, 9.17) is 9.31 Å². The van der Waals surface area contributed by atoms with Gasteiger partial charge >= 0.3 is 7.12 Å². The molecule has 0 unspecified atom stereocenters. The quantitative estimate of drug-likeness (QED) is 0.847. The molecule has 0 spiro atoms. The van der Waals surface area contributed by atoms with Crippen LogP contribution in [0.3, 0.4) is 0 Å². The first-order valence-electron chi connectivity index (χ1n) is 8.39. The van der Waals surface area contributed by atoms with Crippen molar-refractivity contribution in [3.05, 3.63) is 34.9 Å². The molecule has 0 bridgehead atoms. The van der Waals surface area contributed by atoms with Gasteiger partial charge in [0.25, 0.3) is 0 Å². The third-order valence-corrected chi connectivity index (χ3v) is 5.06. The van der Waals surface area contributed by atoms with E-state index in [1.54, 1.807) is 0 Å². The second kappa shape index (κ2) is 6.03. The Morgan fingerprint density at radius 1 is 1.25 bits per heavy atom. The van der Waals surface area contributed by atoms with Gasteiger partial charge in [-0.3, -0.25) is 5.10 Å². The molecule has 1 aliphatic heterocycles. The van der Waals surface area contributed by atoms with Crippen molar-refractivity contribution in [2.75, 3.05) is 13.6 Å². The van der Waals surface area contributed by atoms with Crippen molar-refractivity contribution in [1.29, 1.82) is 0 Å². The summed E-state index contributed by atoms with van der Waals surface area (Å²) in [6, 6.07) is 6.28. The molecule has 1 aromatic heterocycles. The van der Waals surface area contributed by atoms with Crippen LogP contribution in [0.25, 0.3) is 17.0 Å². The van der Waals surface area contributed by atoms with E-state index in [1.807, 2.05) is 14.0 Å². The lowest BCUT2D eigenvalue weighted by Gasteiger charge is -2.32. The van der Waals surface area contributed by atoms with Gasteiger partial charge in [0.2, 0.25) is 0 Å². The average molecular weight is 327 g/mol. The van der Waals surface area contributed by atoms with Crippen molar-refractivity contribution in [1.82, 2.24) is 15.5 Å². The monoisotopic (exact) mass is 327 g/mol. The molecule has 0 radical (unpaired) electrons. The highest BCUT2D eigenvalue weighted by atomic mass is 16.7. The second-order valence-corrected chi connectivity index (χ2v) is 7.46. The number of nitrogens with zero attached hydrogens (tertiary/aromatic N) is 1. The number of aryl methyl sites for hydroxylation is 1. The van der Waals surface area contributed by atoms with E-state index in [0.29, 0.717) is 6.54 Å². The Bertz CT molecular complexity index is 764. The minimum atomic E-state index is -0.348. The highest BCUT2D eigenvalue weighted by Crippen LogP contribution is 2.38. The Kier molecular flexibility index (Phi) is 4.32. The smallest absolute Gasteiger partial charge is 0.400 e. The lowest BCUT2D eigenvalue weighted by Crippen LogP contribution is -2.41. The van der Waals surface area contributed by atoms with Crippen LogP contribution in [-0.2, 0) is 9.31 Å². The van der Waals surface area contributed by atoms with Crippen LogP contribution in [0.1, 0.15) is 39.0 Å². The van der Waals surface area contributed by atoms with Crippen molar-refractivity contribution in [3.8, 4) is 0 Å². The second-order valence-electron chi connectivity index (χ2n) is 7.46. The van der Waals surface area contributed by atoms with Gasteiger partial charge in [0.1, 0.15) is 0 Å². The maximum Gasteiger partial charge on any atom is 0.491 e. The lowest BCUT2D eigenvalue weighted by molar-refractivity contribution is 0.00578. The van der Waals surface area contributed by atoms with E-state index in [-0.39, 0.29) is 18.3 Å². The molecule has 0 atom stereocenters. The van der Waals surface area contributed by atoms with Crippen LogP contribution in [-0.4, -0.2) is 42.1 Å². The van der Waals surface area contributed by atoms with Crippen molar-refractivity contribution in [2.24, 2.45) is 0 Å². The Hall–Kier alpha value is -1.63. The summed E-state index contributed by atoms with van der Waals surface area (Å²) in [6.45, 7) is 11.0. The molecule has 6 heteroatoms. The summed E-state index contributed by atoms with van der Waals surface area (Å²) in [6.07, 6.45) is 2.13. The fraction of sp³-hybridized carbons (Fsp3) is 0.500. The van der Waals surface area contributed by atoms with E-state index in [1.165, 1.54) is 0 Å². The molecule has 0 saturated carbocycles. The number of benzene rings is 1. The summed E-state index contributed by atoms with van der Waals surface area (Å²) in [7, 11) is 1.58. The van der Waals surface area contributed by atoms with Crippen LogP contribution in [0.2, 0.25) is 0 Å². The van der Waals surface area contributed by atoms with E-state index in [2.05, 4.69) is 67.5 Å². The van der Waals surface area contributed by atoms with Crippen LogP contribution in [0.5, 0.6) is 0 Å². The van der Waals surface area contributed by atoms with Crippen LogP contribution >= 0.6 is 0 Å². The maximum absolute atomic E-state index is 6.19. The summed E-state index contributed by atoms with van der Waals surface area (Å²) in [5, 5.41) is 11.7. The van der Waals surface area contributed by atoms with E-state index >= 15 is 0 Å². The Morgan fingerprint density at radius 3 is 2.54 bits per heavy atom. The first-order valence-corrected chi connectivity index (χ1v) is 8.39. The van der Waals surface area contributed by atoms with Gasteiger partial charge in [-0.1, -0.05) is 18.2 Å². The molecule has 2 aromatic rings. The molecule has 2 N–H and O–H groups in total. The van der Waals surface area contributed by atoms with E-state index in [9.17, 15) is 0 Å². The highest BCUT2D eigenvalue weighted by molar-refractivity contribution is 6.55. The molecule has 1 aliphatic rings. The number of likely N-dealkylation sites (N-methyl/N-ethyl adjacent to an activating group) is 1. The van der Waals surface area contributed by atoms with Gasteiger partial charge in [0, 0.05) is 17.6 Å². The molecule has 24 heavy (non-hydrogen) atoms. The summed E-state index contributed by atoms with van der Waals surface area (Å²) >= 11 is 0. The molecule has 3 rings (SSSR count). The van der Waals surface area contributed by atoms with Crippen molar-refractivity contribution in [2.45, 2.75) is 45.8 Å². The number of rotatable bonds is 4. The fourth-order valence-electron chi connectivity index (χ4n) is 2.87. The van der Waals surface area contributed by atoms with Crippen molar-refractivity contribution in [3.63, 3.8) is 0 Å². The molecular formula is C18H26BN3O2. The largest absolute Gasteiger partial charge is 0.491 e. The molecule has 1 aromatic carbocycles. The van der Waals surface area contributed by atoms with Gasteiger partial charge in [-0.05, 0) is 58.8 Å². The van der Waals surface area contributed by atoms with Gasteiger partial charge in [-0.25, -0.2) is 0 Å². The number of fused-ring (bicyclic) bond motifs is 1. The number of nitrogens with one attached hydrogen (secondary N) is 2. The molecule has 1 fully saturated rings. The third kappa shape index (κ3) is 3.01. The summed E-state index contributed by atoms with van der Waals surface area (Å²) in [5.41, 5.74) is 3.54. The number of aromatic nitrogens is 2. The minimum absolute atomic E-state index is 0.340. The predicted molar refractivity (Wildman–Crippen MR) is 98.8 cm³/mol. The molecule has 128 valence electrons. The van der Waals surface area contributed by atoms with Gasteiger partial charge in [0.15, 0.2) is 0 Å². The zero-order valence-electron chi connectivity index (χ0n) is 15.4. The van der Waals surface area contributed by atoms with Crippen molar-refractivity contribution >= 4 is 24.1 Å². The Morgan fingerprint density at radius 2 is 1.92 bits per heavy atom. The number of hydrogen-bond acceptors (Lipinski definition) is 4. The number of aromatic amines is 1. The van der Waals surface area contributed by atoms with Gasteiger partial charge in [-0.15, -0.1) is 0 Å².